The summed E-state index contributed by atoms with van der Waals surface area (Å²) in [7, 11) is 0. The number of phenols is 1. The number of carbonyl (C=O) groups is 2. The smallest absolute Gasteiger partial charge is 0.329 e. The number of Topliss-reactive ketones (excluding diaryl/α,β-unsaturated/α-hetero) is 1. The number of aromatic hydroxyl groups is 1. The molecule has 8 heteroatoms. The average molecular weight is 384 g/mol. The van der Waals surface area contributed by atoms with Crippen molar-refractivity contribution in [1.82, 2.24) is 5.48 Å². The van der Waals surface area contributed by atoms with Crippen LogP contribution in [0.1, 0.15) is 50.0 Å². The number of nitrogens with one attached hydrogen (secondary N) is 1. The Balaban J connectivity index is 2.37. The molecule has 1 aromatic rings. The Morgan fingerprint density at radius 3 is 2.69 bits per heavy atom. The molecule has 0 atom stereocenters. The minimum absolute atomic E-state index is 0.0343. The second-order valence-corrected chi connectivity index (χ2v) is 6.63. The number of hydrogen-bond acceptors (Lipinski definition) is 7. The highest BCUT2D eigenvalue weighted by atomic mass is 35.5. The Hall–Kier alpha value is -2.41. The van der Waals surface area contributed by atoms with E-state index in [0.717, 1.165) is 0 Å². The standard InChI is InChI=1S/C18H22ClNO6/c1-5-24-18(20-26-10(4)21)14-8-11-7-12(13(22)6-9(2)3)16(23)15(19)17(11)25-14/h7,9,20,23H,5-6,8H2,1-4H3. The second-order valence-electron chi connectivity index (χ2n) is 6.26. The summed E-state index contributed by atoms with van der Waals surface area (Å²) in [6, 6.07) is 1.57. The Kier molecular flexibility index (Phi) is 6.37. The summed E-state index contributed by atoms with van der Waals surface area (Å²) < 4.78 is 11.1. The van der Waals surface area contributed by atoms with Crippen LogP contribution in [0.3, 0.4) is 0 Å². The number of rotatable bonds is 7. The number of phenolic OH excluding ortho intramolecular Hbond substituents is 1. The third kappa shape index (κ3) is 4.40. The minimum Gasteiger partial charge on any atom is -0.505 e. The lowest BCUT2D eigenvalue weighted by Crippen LogP contribution is -2.22. The summed E-state index contributed by atoms with van der Waals surface area (Å²) in [5, 5.41) is 10.3. The van der Waals surface area contributed by atoms with Gasteiger partial charge in [-0.2, -0.15) is 5.48 Å². The molecular weight excluding hydrogens is 362 g/mol. The molecule has 0 fully saturated rings. The number of hydrogen-bond donors (Lipinski definition) is 2. The topological polar surface area (TPSA) is 94.1 Å². The molecule has 142 valence electrons. The zero-order valence-electron chi connectivity index (χ0n) is 15.1. The predicted octanol–water partition coefficient (Wildman–Crippen LogP) is 3.48. The monoisotopic (exact) mass is 383 g/mol. The van der Waals surface area contributed by atoms with Gasteiger partial charge in [0.05, 0.1) is 12.2 Å². The molecule has 0 aromatic heterocycles. The van der Waals surface area contributed by atoms with Crippen LogP contribution in [0.4, 0.5) is 0 Å². The number of halogens is 1. The lowest BCUT2D eigenvalue weighted by atomic mass is 9.98. The summed E-state index contributed by atoms with van der Waals surface area (Å²) in [6.45, 7) is 7.16. The van der Waals surface area contributed by atoms with Crippen LogP contribution in [0.5, 0.6) is 11.5 Å². The van der Waals surface area contributed by atoms with E-state index in [1.54, 1.807) is 13.0 Å². The molecule has 0 saturated carbocycles. The van der Waals surface area contributed by atoms with Crippen LogP contribution in [0.2, 0.25) is 5.02 Å². The molecule has 1 aliphatic heterocycles. The number of ether oxygens (including phenoxy) is 2. The molecule has 0 amide bonds. The van der Waals surface area contributed by atoms with Crippen LogP contribution in [0, 0.1) is 5.92 Å². The lowest BCUT2D eigenvalue weighted by Gasteiger charge is -2.13. The summed E-state index contributed by atoms with van der Waals surface area (Å²) in [5.41, 5.74) is 3.21. The Labute approximate surface area is 156 Å². The van der Waals surface area contributed by atoms with Gasteiger partial charge < -0.3 is 19.4 Å². The van der Waals surface area contributed by atoms with E-state index in [4.69, 9.17) is 25.9 Å². The van der Waals surface area contributed by atoms with E-state index < -0.39 is 5.97 Å². The molecule has 0 unspecified atom stereocenters. The molecule has 0 radical (unpaired) electrons. The van der Waals surface area contributed by atoms with Gasteiger partial charge in [-0.05, 0) is 18.9 Å². The van der Waals surface area contributed by atoms with Gasteiger partial charge in [-0.3, -0.25) is 9.59 Å². The number of carbonyl (C=O) groups excluding carboxylic acids is 2. The van der Waals surface area contributed by atoms with Crippen molar-refractivity contribution in [2.24, 2.45) is 5.92 Å². The Bertz CT molecular complexity index is 757. The van der Waals surface area contributed by atoms with Crippen LogP contribution in [0.25, 0.3) is 0 Å². The summed E-state index contributed by atoms with van der Waals surface area (Å²) in [5.74, 6) is -0.177. The van der Waals surface area contributed by atoms with Gasteiger partial charge in [0.25, 0.3) is 5.88 Å². The first-order valence-electron chi connectivity index (χ1n) is 8.29. The van der Waals surface area contributed by atoms with Gasteiger partial charge in [0, 0.05) is 25.3 Å². The molecular formula is C18H22ClNO6. The quantitative estimate of drug-likeness (QED) is 0.423. The fourth-order valence-corrected chi connectivity index (χ4v) is 2.76. The van der Waals surface area contributed by atoms with Crippen molar-refractivity contribution in [3.05, 3.63) is 33.9 Å². The highest BCUT2D eigenvalue weighted by Gasteiger charge is 2.30. The zero-order valence-corrected chi connectivity index (χ0v) is 15.9. The van der Waals surface area contributed by atoms with E-state index in [2.05, 4.69) is 5.48 Å². The van der Waals surface area contributed by atoms with Crippen molar-refractivity contribution in [3.8, 4) is 11.5 Å². The molecule has 26 heavy (non-hydrogen) atoms. The van der Waals surface area contributed by atoms with Crippen molar-refractivity contribution in [2.45, 2.75) is 40.5 Å². The highest BCUT2D eigenvalue weighted by Crippen LogP contribution is 2.45. The van der Waals surface area contributed by atoms with Gasteiger partial charge in [0.15, 0.2) is 17.3 Å². The Morgan fingerprint density at radius 1 is 1.42 bits per heavy atom. The summed E-state index contributed by atoms with van der Waals surface area (Å²) >= 11 is 6.20. The molecule has 0 aliphatic carbocycles. The molecule has 2 rings (SSSR count). The normalized spacial score (nSPS) is 14.5. The van der Waals surface area contributed by atoms with Crippen LogP contribution < -0.4 is 10.2 Å². The number of allylic oxidation sites excluding steroid dienone is 1. The van der Waals surface area contributed by atoms with Crippen molar-refractivity contribution >= 4 is 23.4 Å². The van der Waals surface area contributed by atoms with Crippen molar-refractivity contribution in [3.63, 3.8) is 0 Å². The van der Waals surface area contributed by atoms with Gasteiger partial charge in [0.1, 0.15) is 10.8 Å². The van der Waals surface area contributed by atoms with Crippen LogP contribution in [-0.4, -0.2) is 23.5 Å². The van der Waals surface area contributed by atoms with Crippen LogP contribution in [0.15, 0.2) is 17.7 Å². The average Bonchev–Trinajstić information content (AvgIpc) is 2.98. The molecule has 0 spiro atoms. The van der Waals surface area contributed by atoms with Crippen LogP contribution in [-0.2, 0) is 20.8 Å². The molecule has 2 N–H and O–H groups in total. The highest BCUT2D eigenvalue weighted by molar-refractivity contribution is 6.34. The van der Waals surface area contributed by atoms with E-state index in [-0.39, 0.29) is 46.1 Å². The molecule has 7 nitrogen and oxygen atoms in total. The van der Waals surface area contributed by atoms with E-state index in [0.29, 0.717) is 24.4 Å². The van der Waals surface area contributed by atoms with Gasteiger partial charge >= 0.3 is 5.97 Å². The molecule has 1 heterocycles. The maximum atomic E-state index is 12.4. The van der Waals surface area contributed by atoms with Gasteiger partial charge in [-0.25, -0.2) is 0 Å². The van der Waals surface area contributed by atoms with E-state index in [9.17, 15) is 14.7 Å². The maximum Gasteiger partial charge on any atom is 0.329 e. The van der Waals surface area contributed by atoms with E-state index in [1.807, 2.05) is 13.8 Å². The van der Waals surface area contributed by atoms with Crippen molar-refractivity contribution in [1.29, 1.82) is 0 Å². The first-order valence-corrected chi connectivity index (χ1v) is 8.67. The predicted molar refractivity (Wildman–Crippen MR) is 94.8 cm³/mol. The second kappa shape index (κ2) is 8.31. The Morgan fingerprint density at radius 2 is 2.12 bits per heavy atom. The minimum atomic E-state index is -0.546. The largest absolute Gasteiger partial charge is 0.505 e. The fraction of sp³-hybridized carbons (Fsp3) is 0.444. The third-order valence-corrected chi connectivity index (χ3v) is 3.92. The zero-order chi connectivity index (χ0) is 19.4. The van der Waals surface area contributed by atoms with Crippen molar-refractivity contribution < 1.29 is 29.0 Å². The third-order valence-electron chi connectivity index (χ3n) is 3.57. The summed E-state index contributed by atoms with van der Waals surface area (Å²) in [6.07, 6.45) is 0.561. The van der Waals surface area contributed by atoms with E-state index in [1.165, 1.54) is 6.92 Å². The number of fused-ring (bicyclic) bond motifs is 1. The fourth-order valence-electron chi connectivity index (χ4n) is 2.50. The van der Waals surface area contributed by atoms with E-state index >= 15 is 0 Å². The summed E-state index contributed by atoms with van der Waals surface area (Å²) in [4.78, 5) is 28.1. The number of ketones is 1. The first-order chi connectivity index (χ1) is 12.2. The maximum absolute atomic E-state index is 12.4. The first kappa shape index (κ1) is 19.9. The molecule has 1 aliphatic rings. The number of hydroxylamine groups is 1. The van der Waals surface area contributed by atoms with Gasteiger partial charge in [-0.1, -0.05) is 25.4 Å². The number of benzene rings is 1. The van der Waals surface area contributed by atoms with Crippen LogP contribution >= 0.6 is 11.6 Å². The van der Waals surface area contributed by atoms with Crippen molar-refractivity contribution in [2.75, 3.05) is 6.61 Å². The molecule has 1 aromatic carbocycles. The molecule has 0 bridgehead atoms. The van der Waals surface area contributed by atoms with Gasteiger partial charge in [-0.15, -0.1) is 0 Å². The SMILES string of the molecule is CCOC(NOC(C)=O)=C1Cc2cc(C(=O)CC(C)C)c(O)c(Cl)c2O1. The lowest BCUT2D eigenvalue weighted by molar-refractivity contribution is -0.149. The van der Waals surface area contributed by atoms with Gasteiger partial charge in [0.2, 0.25) is 0 Å². The molecule has 0 saturated heterocycles.